The van der Waals surface area contributed by atoms with Crippen molar-refractivity contribution in [2.75, 3.05) is 5.73 Å². The van der Waals surface area contributed by atoms with Gasteiger partial charge in [0.05, 0.1) is 10.7 Å². The van der Waals surface area contributed by atoms with Crippen LogP contribution in [0.1, 0.15) is 23.2 Å². The third-order valence-electron chi connectivity index (χ3n) is 2.90. The Hall–Kier alpha value is -1.75. The Kier molecular flexibility index (Phi) is 3.43. The van der Waals surface area contributed by atoms with Gasteiger partial charge >= 0.3 is 5.97 Å². The molecule has 1 aliphatic rings. The van der Waals surface area contributed by atoms with E-state index in [4.69, 9.17) is 22.4 Å². The van der Waals surface area contributed by atoms with E-state index in [1.807, 2.05) is 0 Å². The van der Waals surface area contributed by atoms with Crippen LogP contribution in [0.3, 0.4) is 0 Å². The molecule has 1 aromatic carbocycles. The number of nitrogens with two attached hydrogens (primary N) is 1. The predicted molar refractivity (Wildman–Crippen MR) is 67.5 cm³/mol. The number of nitrogen functional groups attached to an aromatic ring is 1. The highest BCUT2D eigenvalue weighted by Gasteiger charge is 2.37. The molecule has 1 unspecified atom stereocenters. The number of carbonyl (C=O) groups excluding carboxylic acids is 1. The summed E-state index contributed by atoms with van der Waals surface area (Å²) in [4.78, 5) is 22.9. The second kappa shape index (κ2) is 4.86. The Morgan fingerprint density at radius 2 is 2.11 bits per heavy atom. The van der Waals surface area contributed by atoms with Crippen LogP contribution in [-0.4, -0.2) is 23.0 Å². The number of hydrogen-bond acceptors (Lipinski definition) is 3. The number of carboxylic acid groups (broad SMARTS) is 1. The number of carbonyl (C=O) groups is 2. The first-order valence-corrected chi connectivity index (χ1v) is 5.95. The first-order chi connectivity index (χ1) is 8.49. The Morgan fingerprint density at radius 3 is 2.61 bits per heavy atom. The molecule has 0 bridgehead atoms. The summed E-state index contributed by atoms with van der Waals surface area (Å²) in [5, 5.41) is 11.9. The molecule has 1 fully saturated rings. The number of anilines is 1. The van der Waals surface area contributed by atoms with Crippen molar-refractivity contribution in [3.63, 3.8) is 0 Å². The van der Waals surface area contributed by atoms with Crippen molar-refractivity contribution in [3.05, 3.63) is 28.8 Å². The molecule has 0 saturated heterocycles. The molecule has 0 aliphatic heterocycles. The molecule has 1 aliphatic carbocycles. The van der Waals surface area contributed by atoms with Crippen LogP contribution in [0.2, 0.25) is 5.02 Å². The fourth-order valence-electron chi connectivity index (χ4n) is 1.72. The fourth-order valence-corrected chi connectivity index (χ4v) is 1.84. The number of benzene rings is 1. The summed E-state index contributed by atoms with van der Waals surface area (Å²) in [6.07, 6.45) is 1.67. The number of rotatable bonds is 4. The molecule has 1 saturated carbocycles. The molecular formula is C12H13ClN2O3. The summed E-state index contributed by atoms with van der Waals surface area (Å²) in [6, 6.07) is 3.64. The van der Waals surface area contributed by atoms with Crippen molar-refractivity contribution < 1.29 is 14.7 Å². The van der Waals surface area contributed by atoms with E-state index in [0.717, 1.165) is 12.8 Å². The highest BCUT2D eigenvalue weighted by atomic mass is 35.5. The number of amides is 1. The quantitative estimate of drug-likeness (QED) is 0.722. The van der Waals surface area contributed by atoms with Gasteiger partial charge in [-0.15, -0.1) is 0 Å². The largest absolute Gasteiger partial charge is 0.480 e. The van der Waals surface area contributed by atoms with Crippen LogP contribution in [-0.2, 0) is 4.79 Å². The number of nitrogens with one attached hydrogen (secondary N) is 1. The van der Waals surface area contributed by atoms with Crippen molar-refractivity contribution in [3.8, 4) is 0 Å². The smallest absolute Gasteiger partial charge is 0.326 e. The number of hydrogen-bond donors (Lipinski definition) is 3. The van der Waals surface area contributed by atoms with Crippen molar-refractivity contribution in [2.24, 2.45) is 5.92 Å². The van der Waals surface area contributed by atoms with Gasteiger partial charge in [0.2, 0.25) is 0 Å². The van der Waals surface area contributed by atoms with E-state index < -0.39 is 17.9 Å². The first-order valence-electron chi connectivity index (χ1n) is 5.57. The lowest BCUT2D eigenvalue weighted by Crippen LogP contribution is -2.42. The lowest BCUT2D eigenvalue weighted by molar-refractivity contribution is -0.139. The molecule has 1 aromatic rings. The molecule has 18 heavy (non-hydrogen) atoms. The predicted octanol–water partition coefficient (Wildman–Crippen LogP) is 1.52. The van der Waals surface area contributed by atoms with E-state index in [1.54, 1.807) is 0 Å². The van der Waals surface area contributed by atoms with Crippen molar-refractivity contribution >= 4 is 29.2 Å². The number of halogens is 1. The summed E-state index contributed by atoms with van der Waals surface area (Å²) in [5.74, 6) is -1.42. The van der Waals surface area contributed by atoms with Gasteiger partial charge in [-0.1, -0.05) is 11.6 Å². The van der Waals surface area contributed by atoms with Crippen LogP contribution >= 0.6 is 11.6 Å². The van der Waals surface area contributed by atoms with Gasteiger partial charge in [-0.05, 0) is 37.0 Å². The summed E-state index contributed by atoms with van der Waals surface area (Å²) in [5.41, 5.74) is 6.20. The van der Waals surface area contributed by atoms with Gasteiger partial charge in [0.15, 0.2) is 0 Å². The topological polar surface area (TPSA) is 92.4 Å². The van der Waals surface area contributed by atoms with Gasteiger partial charge in [0, 0.05) is 5.56 Å². The summed E-state index contributed by atoms with van der Waals surface area (Å²) >= 11 is 5.75. The zero-order valence-corrected chi connectivity index (χ0v) is 10.3. The summed E-state index contributed by atoms with van der Waals surface area (Å²) < 4.78 is 0. The van der Waals surface area contributed by atoms with E-state index >= 15 is 0 Å². The minimum atomic E-state index is -1.01. The highest BCUT2D eigenvalue weighted by molar-refractivity contribution is 6.33. The molecular weight excluding hydrogens is 256 g/mol. The van der Waals surface area contributed by atoms with Gasteiger partial charge in [0.25, 0.3) is 5.91 Å². The van der Waals surface area contributed by atoms with Crippen LogP contribution in [0.4, 0.5) is 5.69 Å². The van der Waals surface area contributed by atoms with Crippen LogP contribution in [0.5, 0.6) is 0 Å². The molecule has 2 rings (SSSR count). The van der Waals surface area contributed by atoms with Crippen LogP contribution in [0, 0.1) is 5.92 Å². The normalized spacial score (nSPS) is 16.1. The van der Waals surface area contributed by atoms with Crippen LogP contribution in [0.25, 0.3) is 0 Å². The van der Waals surface area contributed by atoms with Gasteiger partial charge < -0.3 is 16.2 Å². The van der Waals surface area contributed by atoms with Gasteiger partial charge in [0.1, 0.15) is 6.04 Å². The van der Waals surface area contributed by atoms with Crippen LogP contribution in [0.15, 0.2) is 18.2 Å². The molecule has 0 aromatic heterocycles. The summed E-state index contributed by atoms with van der Waals surface area (Å²) in [6.45, 7) is 0. The Morgan fingerprint density at radius 1 is 1.44 bits per heavy atom. The number of aliphatic carboxylic acids is 1. The maximum absolute atomic E-state index is 11.9. The molecule has 5 nitrogen and oxygen atoms in total. The SMILES string of the molecule is Nc1cc(C(=O)NC(C(=O)O)C2CC2)ccc1Cl. The first kappa shape index (κ1) is 12.7. The second-order valence-corrected chi connectivity index (χ2v) is 4.77. The van der Waals surface area contributed by atoms with E-state index in [2.05, 4.69) is 5.32 Å². The van der Waals surface area contributed by atoms with Crippen molar-refractivity contribution in [2.45, 2.75) is 18.9 Å². The molecule has 1 amide bonds. The Labute approximate surface area is 109 Å². The lowest BCUT2D eigenvalue weighted by atomic mass is 10.1. The Balaban J connectivity index is 2.10. The van der Waals surface area contributed by atoms with Crippen LogP contribution < -0.4 is 11.1 Å². The minimum Gasteiger partial charge on any atom is -0.480 e. The summed E-state index contributed by atoms with van der Waals surface area (Å²) in [7, 11) is 0. The van der Waals surface area contributed by atoms with Crippen molar-refractivity contribution in [1.29, 1.82) is 0 Å². The average molecular weight is 269 g/mol. The van der Waals surface area contributed by atoms with E-state index in [9.17, 15) is 9.59 Å². The zero-order chi connectivity index (χ0) is 13.3. The second-order valence-electron chi connectivity index (χ2n) is 4.36. The van der Waals surface area contributed by atoms with Crippen molar-refractivity contribution in [1.82, 2.24) is 5.32 Å². The number of carboxylic acids is 1. The molecule has 4 N–H and O–H groups in total. The fraction of sp³-hybridized carbons (Fsp3) is 0.333. The molecule has 1 atom stereocenters. The molecule has 0 radical (unpaired) electrons. The maximum Gasteiger partial charge on any atom is 0.326 e. The lowest BCUT2D eigenvalue weighted by Gasteiger charge is -2.13. The van der Waals surface area contributed by atoms with E-state index in [0.29, 0.717) is 16.3 Å². The molecule has 6 heteroatoms. The maximum atomic E-state index is 11.9. The van der Waals surface area contributed by atoms with Gasteiger partial charge in [-0.25, -0.2) is 4.79 Å². The third kappa shape index (κ3) is 2.73. The zero-order valence-electron chi connectivity index (χ0n) is 9.52. The highest BCUT2D eigenvalue weighted by Crippen LogP contribution is 2.33. The standard InChI is InChI=1S/C12H13ClN2O3/c13-8-4-3-7(5-9(8)14)11(16)15-10(12(17)18)6-1-2-6/h3-6,10H,1-2,14H2,(H,15,16)(H,17,18). The monoisotopic (exact) mass is 268 g/mol. The van der Waals surface area contributed by atoms with Gasteiger partial charge in [-0.3, -0.25) is 4.79 Å². The third-order valence-corrected chi connectivity index (χ3v) is 3.25. The minimum absolute atomic E-state index is 0.0381. The molecule has 0 heterocycles. The van der Waals surface area contributed by atoms with E-state index in [-0.39, 0.29) is 5.92 Å². The van der Waals surface area contributed by atoms with E-state index in [1.165, 1.54) is 18.2 Å². The molecule has 96 valence electrons. The van der Waals surface area contributed by atoms with Gasteiger partial charge in [-0.2, -0.15) is 0 Å². The Bertz CT molecular complexity index is 500. The molecule has 0 spiro atoms. The average Bonchev–Trinajstić information content (AvgIpc) is 3.13.